The Kier molecular flexibility index (Phi) is 8.20. The maximum Gasteiger partial charge on any atom is 0.254 e. The van der Waals surface area contributed by atoms with Crippen LogP contribution in [-0.2, 0) is 6.42 Å². The van der Waals surface area contributed by atoms with E-state index in [-0.39, 0.29) is 36.2 Å². The van der Waals surface area contributed by atoms with Crippen molar-refractivity contribution in [2.45, 2.75) is 50.5 Å². The fourth-order valence-electron chi connectivity index (χ4n) is 4.93. The third-order valence-corrected chi connectivity index (χ3v) is 7.55. The highest BCUT2D eigenvalue weighted by Crippen LogP contribution is 2.31. The van der Waals surface area contributed by atoms with Crippen molar-refractivity contribution in [3.8, 4) is 0 Å². The average molecular weight is 586 g/mol. The van der Waals surface area contributed by atoms with Gasteiger partial charge >= 0.3 is 0 Å². The first-order valence-corrected chi connectivity index (χ1v) is 13.0. The zero-order valence-corrected chi connectivity index (χ0v) is 21.3. The summed E-state index contributed by atoms with van der Waals surface area (Å²) in [5.41, 5.74) is -0.912. The molecule has 1 N–H and O–H groups in total. The Morgan fingerprint density at radius 3 is 2.44 bits per heavy atom. The molecule has 8 heteroatoms. The van der Waals surface area contributed by atoms with Crippen LogP contribution in [-0.4, -0.2) is 59.1 Å². The first kappa shape index (κ1) is 25.4. The van der Waals surface area contributed by atoms with E-state index in [0.29, 0.717) is 9.99 Å². The number of likely N-dealkylation sites (tertiary alicyclic amines) is 2. The van der Waals surface area contributed by atoms with Crippen LogP contribution in [0.25, 0.3) is 0 Å². The van der Waals surface area contributed by atoms with Crippen molar-refractivity contribution in [2.24, 2.45) is 0 Å². The smallest absolute Gasteiger partial charge is 0.254 e. The number of aliphatic hydroxyl groups is 1. The van der Waals surface area contributed by atoms with E-state index in [0.717, 1.165) is 31.9 Å². The number of carbonyl (C=O) groups is 1. The molecule has 0 saturated carbocycles. The quantitative estimate of drug-likeness (QED) is 0.327. The average Bonchev–Trinajstić information content (AvgIpc) is 3.30. The SMILES string of the molecule is O=C(c1ccc(F)c(F)c1Cc1ccc(I)cc1F)N1CC(O)(CCCCCN2CCCC2)C1. The number of unbranched alkanes of at least 4 members (excludes halogenated alkanes) is 2. The van der Waals surface area contributed by atoms with Crippen LogP contribution in [0.2, 0.25) is 0 Å². The summed E-state index contributed by atoms with van der Waals surface area (Å²) in [6, 6.07) is 6.68. The lowest BCUT2D eigenvalue weighted by molar-refractivity contribution is -0.0870. The lowest BCUT2D eigenvalue weighted by Crippen LogP contribution is -2.63. The number of benzene rings is 2. The van der Waals surface area contributed by atoms with Crippen LogP contribution in [0.4, 0.5) is 13.2 Å². The largest absolute Gasteiger partial charge is 0.386 e. The van der Waals surface area contributed by atoms with E-state index >= 15 is 0 Å². The molecule has 1 amide bonds. The van der Waals surface area contributed by atoms with Gasteiger partial charge in [0.2, 0.25) is 0 Å². The zero-order chi connectivity index (χ0) is 24.3. The Morgan fingerprint density at radius 2 is 1.74 bits per heavy atom. The lowest BCUT2D eigenvalue weighted by atomic mass is 9.87. The molecule has 2 saturated heterocycles. The molecule has 0 radical (unpaired) electrons. The highest BCUT2D eigenvalue weighted by atomic mass is 127. The van der Waals surface area contributed by atoms with Gasteiger partial charge < -0.3 is 14.9 Å². The third-order valence-electron chi connectivity index (χ3n) is 6.88. The van der Waals surface area contributed by atoms with Gasteiger partial charge in [-0.2, -0.15) is 0 Å². The van der Waals surface area contributed by atoms with E-state index in [2.05, 4.69) is 4.90 Å². The molecule has 2 aliphatic heterocycles. The van der Waals surface area contributed by atoms with E-state index in [9.17, 15) is 23.1 Å². The Morgan fingerprint density at radius 1 is 1.00 bits per heavy atom. The number of nitrogens with zero attached hydrogens (tertiary/aromatic N) is 2. The van der Waals surface area contributed by atoms with Gasteiger partial charge in [-0.15, -0.1) is 0 Å². The number of carbonyl (C=O) groups excluding carboxylic acids is 1. The molecular formula is C26H30F3IN2O2. The molecule has 34 heavy (non-hydrogen) atoms. The monoisotopic (exact) mass is 586 g/mol. The van der Waals surface area contributed by atoms with Crippen LogP contribution in [0.1, 0.15) is 60.0 Å². The van der Waals surface area contributed by atoms with Gasteiger partial charge in [-0.3, -0.25) is 4.79 Å². The summed E-state index contributed by atoms with van der Waals surface area (Å²) >= 11 is 1.97. The zero-order valence-electron chi connectivity index (χ0n) is 19.1. The summed E-state index contributed by atoms with van der Waals surface area (Å²) < 4.78 is 43.7. The molecule has 0 aliphatic carbocycles. The van der Waals surface area contributed by atoms with E-state index in [1.165, 1.54) is 49.0 Å². The van der Waals surface area contributed by atoms with Gasteiger partial charge in [-0.1, -0.05) is 18.9 Å². The molecule has 0 atom stereocenters. The van der Waals surface area contributed by atoms with Gasteiger partial charge in [0.15, 0.2) is 11.6 Å². The van der Waals surface area contributed by atoms with E-state index < -0.39 is 29.0 Å². The van der Waals surface area contributed by atoms with Gasteiger partial charge in [-0.25, -0.2) is 13.2 Å². The van der Waals surface area contributed by atoms with E-state index in [1.807, 2.05) is 22.6 Å². The van der Waals surface area contributed by atoms with Crippen molar-refractivity contribution < 1.29 is 23.1 Å². The molecule has 2 aromatic carbocycles. The van der Waals surface area contributed by atoms with Crippen molar-refractivity contribution >= 4 is 28.5 Å². The summed E-state index contributed by atoms with van der Waals surface area (Å²) in [5, 5.41) is 10.8. The maximum atomic E-state index is 14.7. The first-order chi connectivity index (χ1) is 16.3. The van der Waals surface area contributed by atoms with Crippen molar-refractivity contribution in [1.82, 2.24) is 9.80 Å². The molecule has 2 heterocycles. The predicted octanol–water partition coefficient (Wildman–Crippen LogP) is 5.14. The normalized spacial score (nSPS) is 17.7. The molecule has 2 aliphatic rings. The minimum atomic E-state index is -1.14. The van der Waals surface area contributed by atoms with Crippen LogP contribution in [0, 0.1) is 21.0 Å². The molecule has 0 aromatic heterocycles. The summed E-state index contributed by atoms with van der Waals surface area (Å²) in [5.74, 6) is -3.22. The number of β-amino-alcohol motifs (C(OH)–C–C–N with tert-alkyl or cyclic N) is 1. The van der Waals surface area contributed by atoms with Gasteiger partial charge in [0.1, 0.15) is 5.82 Å². The number of amides is 1. The van der Waals surface area contributed by atoms with Crippen LogP contribution in [0.3, 0.4) is 0 Å². The number of hydrogen-bond acceptors (Lipinski definition) is 3. The van der Waals surface area contributed by atoms with Gasteiger partial charge in [0.25, 0.3) is 5.91 Å². The van der Waals surface area contributed by atoms with Crippen LogP contribution >= 0.6 is 22.6 Å². The Balaban J connectivity index is 1.35. The van der Waals surface area contributed by atoms with E-state index in [1.54, 1.807) is 6.07 Å². The van der Waals surface area contributed by atoms with Crippen molar-refractivity contribution in [1.29, 1.82) is 0 Å². The minimum absolute atomic E-state index is 0.00418. The van der Waals surface area contributed by atoms with Gasteiger partial charge in [0.05, 0.1) is 18.7 Å². The molecule has 0 bridgehead atoms. The Bertz CT molecular complexity index is 1040. The molecule has 4 rings (SSSR count). The fraction of sp³-hybridized carbons (Fsp3) is 0.500. The number of rotatable bonds is 9. The van der Waals surface area contributed by atoms with Crippen molar-refractivity contribution in [3.05, 3.63) is 68.0 Å². The summed E-state index contributed by atoms with van der Waals surface area (Å²) in [7, 11) is 0. The van der Waals surface area contributed by atoms with Gasteiger partial charge in [-0.05, 0) is 97.7 Å². The highest BCUT2D eigenvalue weighted by molar-refractivity contribution is 14.1. The summed E-state index contributed by atoms with van der Waals surface area (Å²) in [4.78, 5) is 17.0. The molecule has 4 nitrogen and oxygen atoms in total. The minimum Gasteiger partial charge on any atom is -0.386 e. The predicted molar refractivity (Wildman–Crippen MR) is 133 cm³/mol. The first-order valence-electron chi connectivity index (χ1n) is 11.9. The van der Waals surface area contributed by atoms with Crippen LogP contribution in [0.5, 0.6) is 0 Å². The Labute approximate surface area is 212 Å². The molecule has 0 spiro atoms. The summed E-state index contributed by atoms with van der Waals surface area (Å²) in [6.07, 6.45) is 5.95. The number of hydrogen-bond donors (Lipinski definition) is 1. The second-order valence-electron chi connectivity index (χ2n) is 9.54. The fourth-order valence-corrected chi connectivity index (χ4v) is 5.38. The number of halogens is 4. The second kappa shape index (κ2) is 11.0. The summed E-state index contributed by atoms with van der Waals surface area (Å²) in [6.45, 7) is 3.79. The van der Waals surface area contributed by atoms with Crippen LogP contribution in [0.15, 0.2) is 30.3 Å². The standard InChI is InChI=1S/C26H30F3IN2O2/c27-22-9-8-20(21(24(22)29)14-18-6-7-19(30)15-23(18)28)25(33)32-16-26(34,17-32)10-2-1-3-11-31-12-4-5-13-31/h6-9,15,34H,1-5,10-14,16-17H2. The lowest BCUT2D eigenvalue weighted by Gasteiger charge is -2.47. The van der Waals surface area contributed by atoms with Crippen LogP contribution < -0.4 is 0 Å². The molecular weight excluding hydrogens is 556 g/mol. The van der Waals surface area contributed by atoms with Crippen molar-refractivity contribution in [3.63, 3.8) is 0 Å². The maximum absolute atomic E-state index is 14.7. The third kappa shape index (κ3) is 5.94. The molecule has 2 aromatic rings. The van der Waals surface area contributed by atoms with E-state index in [4.69, 9.17) is 0 Å². The molecule has 2 fully saturated rings. The highest BCUT2D eigenvalue weighted by Gasteiger charge is 2.43. The van der Waals surface area contributed by atoms with Gasteiger partial charge in [0, 0.05) is 21.1 Å². The molecule has 0 unspecified atom stereocenters. The second-order valence-corrected chi connectivity index (χ2v) is 10.8. The molecule has 184 valence electrons. The Hall–Kier alpha value is -1.65. The topological polar surface area (TPSA) is 43.8 Å². The van der Waals surface area contributed by atoms with Crippen molar-refractivity contribution in [2.75, 3.05) is 32.7 Å².